The summed E-state index contributed by atoms with van der Waals surface area (Å²) in [5, 5.41) is 2.62. The number of hydrogen-bond acceptors (Lipinski definition) is 0. The second-order valence-electron chi connectivity index (χ2n) is 7.28. The molecule has 0 fully saturated rings. The van der Waals surface area contributed by atoms with Gasteiger partial charge in [0.1, 0.15) is 0 Å². The van der Waals surface area contributed by atoms with Crippen molar-refractivity contribution in [1.29, 1.82) is 0 Å². The fraction of sp³-hybridized carbons (Fsp3) is 0. The molecule has 4 heteroatoms. The summed E-state index contributed by atoms with van der Waals surface area (Å²) in [5.74, 6) is 13.2. The molecule has 0 unspecified atom stereocenters. The van der Waals surface area contributed by atoms with Crippen molar-refractivity contribution in [3.05, 3.63) is 139 Å². The van der Waals surface area contributed by atoms with E-state index in [1.165, 1.54) is 0 Å². The van der Waals surface area contributed by atoms with Gasteiger partial charge in [-0.15, -0.1) is 0 Å². The summed E-state index contributed by atoms with van der Waals surface area (Å²) in [6, 6.07) is 29.9. The SMILES string of the molecule is Clc1ccc(C#C/C(=C(/C#Cc2ccc(Cl)cc2)c2ccc(Cl)cc2)c2ccc(Cl)cc2)cc1. The van der Waals surface area contributed by atoms with E-state index in [0.717, 1.165) is 33.4 Å². The Morgan fingerprint density at radius 3 is 0.941 bits per heavy atom. The lowest BCUT2D eigenvalue weighted by atomic mass is 9.94. The van der Waals surface area contributed by atoms with Gasteiger partial charge in [0, 0.05) is 42.4 Å². The fourth-order valence-electron chi connectivity index (χ4n) is 3.13. The molecule has 34 heavy (non-hydrogen) atoms. The van der Waals surface area contributed by atoms with Gasteiger partial charge < -0.3 is 0 Å². The summed E-state index contributed by atoms with van der Waals surface area (Å²) in [6.45, 7) is 0. The van der Waals surface area contributed by atoms with Gasteiger partial charge in [-0.1, -0.05) is 94.4 Å². The molecule has 0 atom stereocenters. The molecule has 0 aromatic heterocycles. The average Bonchev–Trinajstić information content (AvgIpc) is 2.85. The lowest BCUT2D eigenvalue weighted by Gasteiger charge is -2.08. The number of allylic oxidation sites excluding steroid dienone is 2. The normalized spacial score (nSPS) is 10.9. The van der Waals surface area contributed by atoms with Crippen molar-refractivity contribution in [3.63, 3.8) is 0 Å². The summed E-state index contributed by atoms with van der Waals surface area (Å²) in [6.07, 6.45) is 0. The lowest BCUT2D eigenvalue weighted by molar-refractivity contribution is 1.60. The summed E-state index contributed by atoms with van der Waals surface area (Å²) in [4.78, 5) is 0. The van der Waals surface area contributed by atoms with Gasteiger partial charge in [0.25, 0.3) is 0 Å². The zero-order chi connectivity index (χ0) is 23.9. The van der Waals surface area contributed by atoms with Crippen molar-refractivity contribution >= 4 is 57.5 Å². The van der Waals surface area contributed by atoms with E-state index >= 15 is 0 Å². The minimum Gasteiger partial charge on any atom is -0.0843 e. The van der Waals surface area contributed by atoms with Crippen LogP contribution in [-0.2, 0) is 0 Å². The highest BCUT2D eigenvalue weighted by Gasteiger charge is 2.10. The lowest BCUT2D eigenvalue weighted by Crippen LogP contribution is -1.91. The molecular formula is C30H16Cl4. The molecule has 0 spiro atoms. The van der Waals surface area contributed by atoms with Crippen LogP contribution in [0.5, 0.6) is 0 Å². The number of halogens is 4. The fourth-order valence-corrected chi connectivity index (χ4v) is 3.63. The average molecular weight is 518 g/mol. The molecule has 0 bridgehead atoms. The number of benzene rings is 4. The monoisotopic (exact) mass is 516 g/mol. The van der Waals surface area contributed by atoms with Crippen LogP contribution in [0.15, 0.2) is 97.1 Å². The van der Waals surface area contributed by atoms with Crippen molar-refractivity contribution in [2.45, 2.75) is 0 Å². The molecule has 0 aliphatic carbocycles. The second-order valence-corrected chi connectivity index (χ2v) is 9.02. The summed E-state index contributed by atoms with van der Waals surface area (Å²) in [7, 11) is 0. The van der Waals surface area contributed by atoms with Crippen LogP contribution >= 0.6 is 46.4 Å². The van der Waals surface area contributed by atoms with E-state index in [1.807, 2.05) is 97.1 Å². The zero-order valence-corrected chi connectivity index (χ0v) is 20.8. The number of hydrogen-bond donors (Lipinski definition) is 0. The highest BCUT2D eigenvalue weighted by atomic mass is 35.5. The van der Waals surface area contributed by atoms with Gasteiger partial charge >= 0.3 is 0 Å². The van der Waals surface area contributed by atoms with E-state index in [-0.39, 0.29) is 0 Å². The van der Waals surface area contributed by atoms with Crippen LogP contribution in [0.3, 0.4) is 0 Å². The van der Waals surface area contributed by atoms with E-state index < -0.39 is 0 Å². The molecular weight excluding hydrogens is 502 g/mol. The van der Waals surface area contributed by atoms with E-state index in [1.54, 1.807) is 0 Å². The summed E-state index contributed by atoms with van der Waals surface area (Å²) >= 11 is 24.4. The molecule has 0 saturated heterocycles. The molecule has 0 aliphatic rings. The van der Waals surface area contributed by atoms with Crippen LogP contribution in [0.4, 0.5) is 0 Å². The van der Waals surface area contributed by atoms with Gasteiger partial charge in [-0.2, -0.15) is 0 Å². The smallest absolute Gasteiger partial charge is 0.0484 e. The third-order valence-electron chi connectivity index (χ3n) is 4.87. The van der Waals surface area contributed by atoms with E-state index in [0.29, 0.717) is 20.1 Å². The summed E-state index contributed by atoms with van der Waals surface area (Å²) < 4.78 is 0. The highest BCUT2D eigenvalue weighted by Crippen LogP contribution is 2.28. The van der Waals surface area contributed by atoms with Crippen molar-refractivity contribution in [2.24, 2.45) is 0 Å². The Labute approximate surface area is 219 Å². The molecule has 4 aromatic rings. The first kappa shape index (κ1) is 24.0. The standard InChI is InChI=1S/C30H16Cl4/c31-25-11-1-21(2-12-25)5-19-29(23-7-15-27(33)16-8-23)30(24-9-17-28(34)18-10-24)20-6-22-3-13-26(32)14-4-22/h1-4,7-18H/b30-29+. The van der Waals surface area contributed by atoms with E-state index in [2.05, 4.69) is 23.7 Å². The topological polar surface area (TPSA) is 0 Å². The molecule has 0 heterocycles. The third kappa shape index (κ3) is 6.48. The Kier molecular flexibility index (Phi) is 8.03. The zero-order valence-electron chi connectivity index (χ0n) is 17.7. The first-order chi connectivity index (χ1) is 16.5. The maximum Gasteiger partial charge on any atom is 0.0484 e. The molecule has 4 rings (SSSR count). The van der Waals surface area contributed by atoms with E-state index in [9.17, 15) is 0 Å². The molecule has 0 nitrogen and oxygen atoms in total. The molecule has 0 amide bonds. The van der Waals surface area contributed by atoms with Crippen molar-refractivity contribution in [1.82, 2.24) is 0 Å². The third-order valence-corrected chi connectivity index (χ3v) is 5.88. The Hall–Kier alpha value is -3.10. The molecule has 0 saturated carbocycles. The minimum absolute atomic E-state index is 0.647. The van der Waals surface area contributed by atoms with Crippen molar-refractivity contribution < 1.29 is 0 Å². The van der Waals surface area contributed by atoms with Crippen LogP contribution in [-0.4, -0.2) is 0 Å². The van der Waals surface area contributed by atoms with Gasteiger partial charge in [0.05, 0.1) is 0 Å². The number of rotatable bonds is 2. The van der Waals surface area contributed by atoms with E-state index in [4.69, 9.17) is 46.4 Å². The molecule has 164 valence electrons. The Morgan fingerprint density at radius 1 is 0.382 bits per heavy atom. The van der Waals surface area contributed by atoms with Gasteiger partial charge in [-0.25, -0.2) is 0 Å². The Morgan fingerprint density at radius 2 is 0.647 bits per heavy atom. The predicted molar refractivity (Wildman–Crippen MR) is 146 cm³/mol. The molecule has 4 aromatic carbocycles. The Bertz CT molecular complexity index is 1320. The van der Waals surface area contributed by atoms with Gasteiger partial charge in [0.2, 0.25) is 0 Å². The maximum absolute atomic E-state index is 6.15. The first-order valence-corrected chi connectivity index (χ1v) is 11.8. The van der Waals surface area contributed by atoms with Crippen molar-refractivity contribution in [3.8, 4) is 23.7 Å². The van der Waals surface area contributed by atoms with Crippen LogP contribution in [0.2, 0.25) is 20.1 Å². The van der Waals surface area contributed by atoms with Gasteiger partial charge in [-0.3, -0.25) is 0 Å². The van der Waals surface area contributed by atoms with Crippen LogP contribution in [0, 0.1) is 23.7 Å². The summed E-state index contributed by atoms with van der Waals surface area (Å²) in [5.41, 5.74) is 5.04. The predicted octanol–water partition coefficient (Wildman–Crippen LogP) is 9.31. The minimum atomic E-state index is 0.647. The maximum atomic E-state index is 6.15. The quantitative estimate of drug-likeness (QED) is 0.183. The molecule has 0 N–H and O–H groups in total. The first-order valence-electron chi connectivity index (χ1n) is 10.3. The van der Waals surface area contributed by atoms with Crippen LogP contribution < -0.4 is 0 Å². The Balaban J connectivity index is 1.94. The second kappa shape index (κ2) is 11.4. The molecule has 0 aliphatic heterocycles. The van der Waals surface area contributed by atoms with Gasteiger partial charge in [-0.05, 0) is 83.9 Å². The largest absolute Gasteiger partial charge is 0.0843 e. The molecule has 0 radical (unpaired) electrons. The van der Waals surface area contributed by atoms with Crippen molar-refractivity contribution in [2.75, 3.05) is 0 Å². The van der Waals surface area contributed by atoms with Gasteiger partial charge in [0.15, 0.2) is 0 Å². The van der Waals surface area contributed by atoms with Crippen LogP contribution in [0.25, 0.3) is 11.1 Å². The highest BCUT2D eigenvalue weighted by molar-refractivity contribution is 6.31. The van der Waals surface area contributed by atoms with Crippen LogP contribution in [0.1, 0.15) is 22.3 Å².